The van der Waals surface area contributed by atoms with Gasteiger partial charge in [0, 0.05) is 6.54 Å². The molecular formula is C8H18N2. The van der Waals surface area contributed by atoms with E-state index in [-0.39, 0.29) is 0 Å². The summed E-state index contributed by atoms with van der Waals surface area (Å²) in [6.45, 7) is 7.46. The summed E-state index contributed by atoms with van der Waals surface area (Å²) in [4.78, 5) is 3.96. The second-order valence-electron chi connectivity index (χ2n) is 2.19. The van der Waals surface area contributed by atoms with Gasteiger partial charge in [0.15, 0.2) is 0 Å². The Morgan fingerprint density at radius 2 is 2.10 bits per heavy atom. The Balaban J connectivity index is 0.000000162. The van der Waals surface area contributed by atoms with Gasteiger partial charge in [0.25, 0.3) is 0 Å². The molecule has 0 radical (unpaired) electrons. The number of rotatable bonds is 2. The molecule has 10 heavy (non-hydrogen) atoms. The highest BCUT2D eigenvalue weighted by Gasteiger charge is 1.85. The third kappa shape index (κ3) is 7.63. The molecule has 1 N–H and O–H groups in total. The van der Waals surface area contributed by atoms with Crippen LogP contribution in [-0.2, 0) is 0 Å². The zero-order valence-corrected chi connectivity index (χ0v) is 7.06. The average molecular weight is 142 g/mol. The van der Waals surface area contributed by atoms with Gasteiger partial charge in [0.05, 0.1) is 0 Å². The Morgan fingerprint density at radius 3 is 2.20 bits per heavy atom. The topological polar surface area (TPSA) is 24.4 Å². The Kier molecular flexibility index (Phi) is 8.31. The van der Waals surface area contributed by atoms with Gasteiger partial charge in [0.2, 0.25) is 0 Å². The monoisotopic (exact) mass is 142 g/mol. The quantitative estimate of drug-likeness (QED) is 0.620. The molecule has 1 aliphatic heterocycles. The fourth-order valence-electron chi connectivity index (χ4n) is 0.706. The molecule has 0 bridgehead atoms. The van der Waals surface area contributed by atoms with Crippen molar-refractivity contribution in [1.29, 1.82) is 0 Å². The van der Waals surface area contributed by atoms with Crippen molar-refractivity contribution in [2.24, 2.45) is 4.99 Å². The smallest absolute Gasteiger partial charge is 0.0388 e. The summed E-state index contributed by atoms with van der Waals surface area (Å²) in [6, 6.07) is 0. The van der Waals surface area contributed by atoms with Gasteiger partial charge in [-0.05, 0) is 32.1 Å². The van der Waals surface area contributed by atoms with Crippen LogP contribution in [0, 0.1) is 0 Å². The minimum atomic E-state index is 1.07. The van der Waals surface area contributed by atoms with Crippen molar-refractivity contribution in [2.75, 3.05) is 19.6 Å². The largest absolute Gasteiger partial charge is 0.317 e. The average Bonchev–Trinajstić information content (AvgIpc) is 2.44. The standard InChI is InChI=1S/C4H7N.C4H11N/c1-2-4-5-3-1;1-3-5-4-2/h3H,1-2,4H2;5H,3-4H2,1-2H3. The van der Waals surface area contributed by atoms with E-state index >= 15 is 0 Å². The van der Waals surface area contributed by atoms with Crippen LogP contribution < -0.4 is 5.32 Å². The van der Waals surface area contributed by atoms with Crippen molar-refractivity contribution in [2.45, 2.75) is 26.7 Å². The summed E-state index contributed by atoms with van der Waals surface area (Å²) in [5.74, 6) is 0. The molecule has 1 rings (SSSR count). The van der Waals surface area contributed by atoms with Crippen molar-refractivity contribution in [3.63, 3.8) is 0 Å². The molecule has 0 aromatic carbocycles. The molecule has 0 aromatic heterocycles. The Morgan fingerprint density at radius 1 is 1.40 bits per heavy atom. The molecule has 1 heterocycles. The van der Waals surface area contributed by atoms with E-state index in [0.717, 1.165) is 19.6 Å². The van der Waals surface area contributed by atoms with E-state index in [1.807, 2.05) is 6.21 Å². The molecule has 0 unspecified atom stereocenters. The maximum atomic E-state index is 3.96. The second kappa shape index (κ2) is 8.63. The van der Waals surface area contributed by atoms with Crippen LogP contribution in [-0.4, -0.2) is 25.8 Å². The molecule has 0 saturated carbocycles. The number of nitrogens with one attached hydrogen (secondary N) is 1. The lowest BCUT2D eigenvalue weighted by atomic mass is 10.4. The van der Waals surface area contributed by atoms with E-state index in [1.165, 1.54) is 12.8 Å². The zero-order valence-electron chi connectivity index (χ0n) is 7.06. The van der Waals surface area contributed by atoms with Crippen LogP contribution in [0.5, 0.6) is 0 Å². The summed E-state index contributed by atoms with van der Waals surface area (Å²) in [5.41, 5.74) is 0. The minimum absolute atomic E-state index is 1.07. The molecule has 0 saturated heterocycles. The van der Waals surface area contributed by atoms with Crippen LogP contribution in [0.15, 0.2) is 4.99 Å². The zero-order chi connectivity index (χ0) is 7.66. The van der Waals surface area contributed by atoms with E-state index in [2.05, 4.69) is 24.2 Å². The van der Waals surface area contributed by atoms with Crippen molar-refractivity contribution in [1.82, 2.24) is 5.32 Å². The highest BCUT2D eigenvalue weighted by Crippen LogP contribution is 1.92. The van der Waals surface area contributed by atoms with Gasteiger partial charge >= 0.3 is 0 Å². The molecule has 1 aliphatic rings. The summed E-state index contributed by atoms with van der Waals surface area (Å²) < 4.78 is 0. The lowest BCUT2D eigenvalue weighted by molar-refractivity contribution is 0.762. The first-order valence-corrected chi connectivity index (χ1v) is 4.10. The Labute approximate surface area is 63.7 Å². The first-order valence-electron chi connectivity index (χ1n) is 4.10. The number of hydrogen-bond donors (Lipinski definition) is 1. The van der Waals surface area contributed by atoms with Gasteiger partial charge in [-0.3, -0.25) is 4.99 Å². The summed E-state index contributed by atoms with van der Waals surface area (Å²) in [5, 5.41) is 3.11. The molecule has 0 aromatic rings. The summed E-state index contributed by atoms with van der Waals surface area (Å²) >= 11 is 0. The number of aliphatic imine (C=N–C) groups is 1. The maximum absolute atomic E-state index is 3.96. The Hall–Kier alpha value is -0.370. The second-order valence-corrected chi connectivity index (χ2v) is 2.19. The summed E-state index contributed by atoms with van der Waals surface area (Å²) in [7, 11) is 0. The van der Waals surface area contributed by atoms with E-state index in [0.29, 0.717) is 0 Å². The summed E-state index contributed by atoms with van der Waals surface area (Å²) in [6.07, 6.45) is 4.47. The first kappa shape index (κ1) is 9.63. The van der Waals surface area contributed by atoms with Crippen LogP contribution in [0.25, 0.3) is 0 Å². The van der Waals surface area contributed by atoms with Crippen molar-refractivity contribution < 1.29 is 0 Å². The van der Waals surface area contributed by atoms with Crippen molar-refractivity contribution >= 4 is 6.21 Å². The van der Waals surface area contributed by atoms with Crippen molar-refractivity contribution in [3.05, 3.63) is 0 Å². The van der Waals surface area contributed by atoms with Gasteiger partial charge in [0.1, 0.15) is 0 Å². The molecule has 0 fully saturated rings. The fraction of sp³-hybridized carbons (Fsp3) is 0.875. The van der Waals surface area contributed by atoms with E-state index < -0.39 is 0 Å². The van der Waals surface area contributed by atoms with E-state index in [1.54, 1.807) is 0 Å². The third-order valence-electron chi connectivity index (χ3n) is 1.25. The normalized spacial score (nSPS) is 14.6. The maximum Gasteiger partial charge on any atom is 0.0388 e. The van der Waals surface area contributed by atoms with Crippen molar-refractivity contribution in [3.8, 4) is 0 Å². The van der Waals surface area contributed by atoms with Gasteiger partial charge in [-0.15, -0.1) is 0 Å². The molecule has 2 nitrogen and oxygen atoms in total. The highest BCUT2D eigenvalue weighted by molar-refractivity contribution is 5.58. The van der Waals surface area contributed by atoms with E-state index in [4.69, 9.17) is 0 Å². The molecule has 2 heteroatoms. The number of hydrogen-bond acceptors (Lipinski definition) is 2. The highest BCUT2D eigenvalue weighted by atomic mass is 14.8. The molecule has 60 valence electrons. The van der Waals surface area contributed by atoms with Crippen LogP contribution >= 0.6 is 0 Å². The number of nitrogens with zero attached hydrogens (tertiary/aromatic N) is 1. The van der Waals surface area contributed by atoms with Gasteiger partial charge in [-0.2, -0.15) is 0 Å². The Bertz CT molecular complexity index is 71.3. The van der Waals surface area contributed by atoms with Gasteiger partial charge in [-0.1, -0.05) is 13.8 Å². The van der Waals surface area contributed by atoms with Crippen LogP contribution in [0.3, 0.4) is 0 Å². The van der Waals surface area contributed by atoms with Crippen LogP contribution in [0.1, 0.15) is 26.7 Å². The first-order chi connectivity index (χ1) is 4.91. The molecule has 0 spiro atoms. The molecule has 0 amide bonds. The lowest BCUT2D eigenvalue weighted by Crippen LogP contribution is -2.09. The van der Waals surface area contributed by atoms with Crippen LogP contribution in [0.4, 0.5) is 0 Å². The van der Waals surface area contributed by atoms with Gasteiger partial charge < -0.3 is 5.32 Å². The molecule has 0 atom stereocenters. The van der Waals surface area contributed by atoms with Crippen LogP contribution in [0.2, 0.25) is 0 Å². The van der Waals surface area contributed by atoms with E-state index in [9.17, 15) is 0 Å². The predicted octanol–water partition coefficient (Wildman–Crippen LogP) is 1.47. The SMILES string of the molecule is C1=NCCC1.CCNCC. The molecule has 0 aliphatic carbocycles. The predicted molar refractivity (Wildman–Crippen MR) is 46.8 cm³/mol. The lowest BCUT2D eigenvalue weighted by Gasteiger charge is -1.86. The third-order valence-corrected chi connectivity index (χ3v) is 1.25. The fourth-order valence-corrected chi connectivity index (χ4v) is 0.706. The minimum Gasteiger partial charge on any atom is -0.317 e. The van der Waals surface area contributed by atoms with Gasteiger partial charge in [-0.25, -0.2) is 0 Å². The molecular weight excluding hydrogens is 124 g/mol.